The molecular formula is C52H83N3O18P2. The highest BCUT2D eigenvalue weighted by Gasteiger charge is 2.45. The molecule has 11 atom stereocenters. The zero-order valence-electron chi connectivity index (χ0n) is 43.5. The quantitative estimate of drug-likeness (QED) is 0.0239. The Balaban J connectivity index is 1.79. The lowest BCUT2D eigenvalue weighted by molar-refractivity contribution is -0.183. The van der Waals surface area contributed by atoms with E-state index in [1.54, 1.807) is 12.2 Å². The average molecular weight is 1100 g/mol. The molecule has 3 rings (SSSR count). The van der Waals surface area contributed by atoms with E-state index in [-0.39, 0.29) is 37.9 Å². The highest BCUT2D eigenvalue weighted by molar-refractivity contribution is 7.61. The molecule has 1 aromatic heterocycles. The van der Waals surface area contributed by atoms with Gasteiger partial charge in [-0.2, -0.15) is 9.29 Å². The first kappa shape index (κ1) is 65.3. The van der Waals surface area contributed by atoms with Crippen LogP contribution < -0.4 is 11.4 Å². The molecule has 1 aromatic rings. The topological polar surface area (TPSA) is 323 Å². The molecule has 2 bridgehead atoms. The summed E-state index contributed by atoms with van der Waals surface area (Å²) in [6, 6.07) is 1.21. The third-order valence-electron chi connectivity index (χ3n) is 12.4. The fourth-order valence-corrected chi connectivity index (χ4v) is 10.3. The molecule has 8 N–H and O–H groups in total. The number of cyclic esters (lactones) is 1. The molecule has 3 heterocycles. The molecule has 0 saturated carbocycles. The number of esters is 2. The number of phosphoric ester groups is 2. The van der Waals surface area contributed by atoms with E-state index in [9.17, 15) is 58.5 Å². The monoisotopic (exact) mass is 1100 g/mol. The summed E-state index contributed by atoms with van der Waals surface area (Å²) in [5.74, 6) is -5.23. The van der Waals surface area contributed by atoms with Gasteiger partial charge in [-0.1, -0.05) is 126 Å². The first-order valence-electron chi connectivity index (χ1n) is 26.4. The number of aliphatic hydroxyl groups is 4. The summed E-state index contributed by atoms with van der Waals surface area (Å²) in [7, 11) is -11.4. The lowest BCUT2D eigenvalue weighted by atomic mass is 9.83. The normalized spacial score (nSPS) is 29.0. The number of phosphoric acid groups is 2. The molecule has 0 spiro atoms. The number of nitrogen functional groups attached to an aromatic ring is 1. The van der Waals surface area contributed by atoms with Crippen LogP contribution in [0.1, 0.15) is 155 Å². The predicted molar refractivity (Wildman–Crippen MR) is 280 cm³/mol. The Morgan fingerprint density at radius 3 is 2.19 bits per heavy atom. The van der Waals surface area contributed by atoms with E-state index in [0.717, 1.165) is 36.4 Å². The van der Waals surface area contributed by atoms with Crippen molar-refractivity contribution in [3.05, 3.63) is 83.5 Å². The van der Waals surface area contributed by atoms with E-state index in [0.29, 0.717) is 32.1 Å². The number of rotatable bonds is 23. The van der Waals surface area contributed by atoms with Gasteiger partial charge in [0.25, 0.3) is 0 Å². The Morgan fingerprint density at radius 2 is 1.49 bits per heavy atom. The van der Waals surface area contributed by atoms with Gasteiger partial charge in [0, 0.05) is 31.4 Å². The van der Waals surface area contributed by atoms with Crippen molar-refractivity contribution in [2.24, 2.45) is 11.8 Å². The molecule has 2 unspecified atom stereocenters. The Kier molecular flexibility index (Phi) is 31.5. The molecule has 1 fully saturated rings. The van der Waals surface area contributed by atoms with Crippen molar-refractivity contribution in [3.8, 4) is 0 Å². The van der Waals surface area contributed by atoms with Crippen molar-refractivity contribution in [3.63, 3.8) is 0 Å². The van der Waals surface area contributed by atoms with Crippen LogP contribution in [0.25, 0.3) is 0 Å². The Hall–Kier alpha value is -3.95. The van der Waals surface area contributed by atoms with Gasteiger partial charge in [-0.25, -0.2) is 13.9 Å². The zero-order chi connectivity index (χ0) is 55.1. The van der Waals surface area contributed by atoms with Gasteiger partial charge in [0.2, 0.25) is 0 Å². The first-order valence-corrected chi connectivity index (χ1v) is 29.4. The van der Waals surface area contributed by atoms with Crippen molar-refractivity contribution in [1.29, 1.82) is 0 Å². The second-order valence-electron chi connectivity index (χ2n) is 18.8. The average Bonchev–Trinajstić information content (AvgIpc) is 3.35. The second-order valence-corrected chi connectivity index (χ2v) is 21.8. The number of ketones is 1. The maximum absolute atomic E-state index is 14.3. The lowest BCUT2D eigenvalue weighted by Crippen LogP contribution is -2.51. The van der Waals surface area contributed by atoms with Crippen LogP contribution in [-0.4, -0.2) is 114 Å². The number of carbonyl (C=O) groups is 3. The Labute approximate surface area is 441 Å². The summed E-state index contributed by atoms with van der Waals surface area (Å²) >= 11 is 0. The van der Waals surface area contributed by atoms with Crippen LogP contribution in [0.3, 0.4) is 0 Å². The molecule has 0 radical (unpaired) electrons. The number of carbonyl (C=O) groups excluding carboxylic acids is 3. The SMILES string of the molecule is CCCCCCCC/C=C\C/C=C\C/C=C\CCCC(=O)O[C@@H]1COC(=O)CCCC=CC[C@H]2C(=O)C[C@@H](O)[C@H](/C=C/[C@@H](O)CCCCC)[C@H](O)[C@H](O)[C@@H](COP(=O)(O)OP(=O)(O)OC1)O[C@H]2n1ccc(N)nc1=O. The summed E-state index contributed by atoms with van der Waals surface area (Å²) in [5, 5.41) is 45.5. The molecule has 0 amide bonds. The van der Waals surface area contributed by atoms with Crippen LogP contribution in [0.4, 0.5) is 5.82 Å². The zero-order valence-corrected chi connectivity index (χ0v) is 45.3. The highest BCUT2D eigenvalue weighted by atomic mass is 31.3. The fourth-order valence-electron chi connectivity index (χ4n) is 8.20. The minimum atomic E-state index is -5.74. The van der Waals surface area contributed by atoms with Crippen LogP contribution in [0.5, 0.6) is 0 Å². The van der Waals surface area contributed by atoms with Crippen molar-refractivity contribution in [1.82, 2.24) is 9.55 Å². The van der Waals surface area contributed by atoms with Crippen LogP contribution in [0, 0.1) is 11.8 Å². The molecule has 2 aliphatic heterocycles. The number of nitrogens with two attached hydrogens (primary N) is 1. The Morgan fingerprint density at radius 1 is 0.853 bits per heavy atom. The van der Waals surface area contributed by atoms with Crippen LogP contribution >= 0.6 is 15.6 Å². The molecule has 424 valence electrons. The first-order chi connectivity index (χ1) is 35.9. The lowest BCUT2D eigenvalue weighted by Gasteiger charge is -2.38. The number of aromatic nitrogens is 2. The van der Waals surface area contributed by atoms with Crippen molar-refractivity contribution in [2.45, 2.75) is 192 Å². The summed E-state index contributed by atoms with van der Waals surface area (Å²) in [6.07, 6.45) is 20.5. The summed E-state index contributed by atoms with van der Waals surface area (Å²) in [6.45, 7) is 1.37. The molecule has 21 nitrogen and oxygen atoms in total. The maximum atomic E-state index is 14.3. The minimum absolute atomic E-state index is 0.0785. The molecule has 2 aliphatic rings. The summed E-state index contributed by atoms with van der Waals surface area (Å²) in [4.78, 5) is 78.4. The number of allylic oxidation sites excluding steroid dienone is 8. The number of Topliss-reactive ketones (excluding diaryl/α,β-unsaturated/α-hetero) is 1. The third kappa shape index (κ3) is 26.8. The van der Waals surface area contributed by atoms with Crippen molar-refractivity contribution < 1.29 is 81.3 Å². The number of anilines is 1. The minimum Gasteiger partial charge on any atom is -0.462 e. The fraction of sp³-hybridized carbons (Fsp3) is 0.673. The Bertz CT molecular complexity index is 2170. The van der Waals surface area contributed by atoms with E-state index < -0.39 is 120 Å². The molecular weight excluding hydrogens is 1020 g/mol. The van der Waals surface area contributed by atoms with Crippen LogP contribution in [0.15, 0.2) is 77.8 Å². The smallest absolute Gasteiger partial charge is 0.462 e. The van der Waals surface area contributed by atoms with E-state index >= 15 is 0 Å². The van der Waals surface area contributed by atoms with Gasteiger partial charge < -0.3 is 50.2 Å². The number of nitrogens with zero attached hydrogens (tertiary/aromatic N) is 2. The molecule has 23 heteroatoms. The molecule has 1 saturated heterocycles. The molecule has 0 aliphatic carbocycles. The number of fused-ring (bicyclic) bond motifs is 3. The number of hydrogen-bond donors (Lipinski definition) is 7. The van der Waals surface area contributed by atoms with Gasteiger partial charge in [-0.15, -0.1) is 0 Å². The van der Waals surface area contributed by atoms with E-state index in [1.165, 1.54) is 56.7 Å². The van der Waals surface area contributed by atoms with Gasteiger partial charge in [0.1, 0.15) is 36.6 Å². The van der Waals surface area contributed by atoms with Crippen molar-refractivity contribution in [2.75, 3.05) is 25.6 Å². The number of ether oxygens (including phenoxy) is 3. The second kappa shape index (κ2) is 36.2. The van der Waals surface area contributed by atoms with Gasteiger partial charge in [-0.05, 0) is 70.3 Å². The largest absolute Gasteiger partial charge is 0.481 e. The summed E-state index contributed by atoms with van der Waals surface area (Å²) < 4.78 is 58.8. The van der Waals surface area contributed by atoms with E-state index in [4.69, 9.17) is 29.0 Å². The van der Waals surface area contributed by atoms with E-state index in [2.05, 4.69) is 40.5 Å². The highest BCUT2D eigenvalue weighted by Crippen LogP contribution is 2.60. The van der Waals surface area contributed by atoms with Gasteiger partial charge in [0.05, 0.1) is 37.4 Å². The molecule has 75 heavy (non-hydrogen) atoms. The number of aliphatic hydroxyl groups excluding tert-OH is 4. The summed E-state index contributed by atoms with van der Waals surface area (Å²) in [5.41, 5.74) is 4.72. The number of unbranched alkanes of at least 4 members (excludes halogenated alkanes) is 9. The van der Waals surface area contributed by atoms with E-state index in [1.807, 2.05) is 19.1 Å². The van der Waals surface area contributed by atoms with Gasteiger partial charge in [-0.3, -0.25) is 28.0 Å². The maximum Gasteiger partial charge on any atom is 0.481 e. The standard InChI is InChI=1S/C52H83N3O18P2/c1-3-5-7-8-9-10-11-12-13-14-15-16-17-18-19-20-26-30-48(60)71-40-36-68-47(59)29-25-22-21-24-28-42-44(58)35-43(57)41(32-31-39(56)27-23-6-4-2)49(61)50(62)45(38-70-75(66,67)73-74(64,65)69-37-40)72-51(42)55-34-33-46(53)54-52(55)63/h12-13,15-16,18-19,21,24,31-34,39-43,45,49-51,56-57,61-62H,3-11,14,17,20,22-23,25-30,35-38H2,1-2H3,(H,64,65)(H,66,67)(H2,53,54,63)/b13-12-,16-15-,19-18-,24-21?,32-31+/t39-,40+,41-,42-,43+,45+,49-,50+,51+/m0/s1. The van der Waals surface area contributed by atoms with Crippen LogP contribution in [0.2, 0.25) is 0 Å². The van der Waals surface area contributed by atoms with Crippen molar-refractivity contribution >= 4 is 39.2 Å². The predicted octanol–water partition coefficient (Wildman–Crippen LogP) is 7.70. The van der Waals surface area contributed by atoms with Crippen LogP contribution in [-0.2, 0) is 51.1 Å². The molecule has 0 aromatic carbocycles. The third-order valence-corrected chi connectivity index (χ3v) is 15.0. The number of hydrogen-bond acceptors (Lipinski definition) is 18. The van der Waals surface area contributed by atoms with Gasteiger partial charge >= 0.3 is 33.3 Å². The van der Waals surface area contributed by atoms with Gasteiger partial charge in [0.15, 0.2) is 6.10 Å².